The molecule has 0 heterocycles. The summed E-state index contributed by atoms with van der Waals surface area (Å²) in [5.41, 5.74) is 13.3. The van der Waals surface area contributed by atoms with Gasteiger partial charge in [-0.05, 0) is 282 Å². The van der Waals surface area contributed by atoms with E-state index in [9.17, 15) is 0 Å². The number of fused-ring (bicyclic) bond motifs is 2. The second-order valence-corrected chi connectivity index (χ2v) is 29.5. The molecule has 0 aliphatic heterocycles. The molecule has 0 spiro atoms. The van der Waals surface area contributed by atoms with Gasteiger partial charge >= 0.3 is 30.2 Å². The van der Waals surface area contributed by atoms with Crippen LogP contribution in [-0.2, 0) is 47.0 Å². The zero-order chi connectivity index (χ0) is 48.9. The smallest absolute Gasteiger partial charge is 0.00391 e. The van der Waals surface area contributed by atoms with Gasteiger partial charge in [-0.2, -0.15) is 12.1 Å². The van der Waals surface area contributed by atoms with Crippen molar-refractivity contribution in [3.05, 3.63) is 146 Å². The quantitative estimate of drug-likeness (QED) is 0.105. The van der Waals surface area contributed by atoms with E-state index in [2.05, 4.69) is 116 Å². The Balaban J connectivity index is 0.000000144. The number of hydrogen-bond donors (Lipinski definition) is 0. The molecule has 22 rings (SSSR count). The predicted octanol–water partition coefficient (Wildman–Crippen LogP) is 20.0. The van der Waals surface area contributed by atoms with E-state index < -0.39 is 0 Å². The van der Waals surface area contributed by atoms with E-state index in [0.29, 0.717) is 10.8 Å². The molecule has 6 aromatic carbocycles. The molecule has 16 aliphatic carbocycles. The molecular formula is C74H90Cl2SiZr-4. The molecule has 2 radical (unpaired) electrons. The Kier molecular flexibility index (Phi) is 15.9. The molecule has 16 fully saturated rings. The SMILES string of the molecule is Cl.Cl.[CH3-].[CH3-].[Si]=[Zr].c1cc(-c2ccc(C34CC5CC(CC(C5)C3)C4)cc2)c2cc(CC3C4CC5CC(C4)CC3C5)[cH-]c2c1.c1cc(-c2ccc(C34CC5CC(CC(C5)C3)C4)cc2)c2cc(CC3C4CC5CC(C4)CC3C5)[cH-]c2c1. The van der Waals surface area contributed by atoms with Crippen molar-refractivity contribution >= 4 is 53.2 Å². The van der Waals surface area contributed by atoms with Gasteiger partial charge in [0.15, 0.2) is 0 Å². The third kappa shape index (κ3) is 9.79. The third-order valence-electron chi connectivity index (χ3n) is 25.1. The molecular weight excluding hydrogens is 1080 g/mol. The fraction of sp³-hybridized carbons (Fsp3) is 0.568. The van der Waals surface area contributed by atoms with Gasteiger partial charge in [0.05, 0.1) is 0 Å². The van der Waals surface area contributed by atoms with Gasteiger partial charge in [0.2, 0.25) is 0 Å². The molecule has 0 saturated heterocycles. The number of benzene rings is 4. The minimum Gasteiger partial charge on any atom is -0.164 e. The molecule has 0 amide bonds. The first-order valence-corrected chi connectivity index (χ1v) is 35.4. The van der Waals surface area contributed by atoms with Crippen LogP contribution in [0.4, 0.5) is 0 Å². The molecule has 0 nitrogen and oxygen atoms in total. The molecule has 78 heavy (non-hydrogen) atoms. The minimum atomic E-state index is 0. The van der Waals surface area contributed by atoms with Crippen molar-refractivity contribution in [1.29, 1.82) is 0 Å². The van der Waals surface area contributed by atoms with Gasteiger partial charge in [0.1, 0.15) is 0 Å². The van der Waals surface area contributed by atoms with Crippen LogP contribution in [0.2, 0.25) is 0 Å². The third-order valence-corrected chi connectivity index (χ3v) is 25.1. The van der Waals surface area contributed by atoms with Crippen LogP contribution < -0.4 is 0 Å². The molecule has 16 saturated carbocycles. The van der Waals surface area contributed by atoms with Crippen LogP contribution in [0.25, 0.3) is 43.8 Å². The average molecular weight is 1170 g/mol. The van der Waals surface area contributed by atoms with Crippen LogP contribution in [0, 0.1) is 110 Å². The Morgan fingerprint density at radius 2 is 0.654 bits per heavy atom. The van der Waals surface area contributed by atoms with Crippen molar-refractivity contribution in [1.82, 2.24) is 0 Å². The topological polar surface area (TPSA) is 0 Å². The number of rotatable bonds is 8. The second-order valence-electron chi connectivity index (χ2n) is 29.5. The molecule has 0 unspecified atom stereocenters. The summed E-state index contributed by atoms with van der Waals surface area (Å²) < 4.78 is 0. The van der Waals surface area contributed by atoms with E-state index in [1.54, 1.807) is 86.5 Å². The maximum Gasteiger partial charge on any atom is -0.00391 e. The maximum absolute atomic E-state index is 3.06. The van der Waals surface area contributed by atoms with Crippen LogP contribution in [-0.4, -0.2) is 6.88 Å². The first-order valence-electron chi connectivity index (χ1n) is 31.2. The Bertz CT molecular complexity index is 2730. The zero-order valence-electron chi connectivity index (χ0n) is 47.4. The molecule has 0 N–H and O–H groups in total. The molecule has 0 aromatic heterocycles. The molecule has 6 aromatic rings. The Labute approximate surface area is 500 Å². The number of hydrogen-bond acceptors (Lipinski definition) is 0. The van der Waals surface area contributed by atoms with E-state index in [1.165, 1.54) is 157 Å². The summed E-state index contributed by atoms with van der Waals surface area (Å²) in [6, 6.07) is 44.2. The summed E-state index contributed by atoms with van der Waals surface area (Å²) >= 11 is 1.36. The summed E-state index contributed by atoms with van der Waals surface area (Å²) in [5.74, 6) is 16.4. The van der Waals surface area contributed by atoms with Gasteiger partial charge in [0, 0.05) is 0 Å². The van der Waals surface area contributed by atoms with Crippen molar-refractivity contribution in [2.24, 2.45) is 94.7 Å². The van der Waals surface area contributed by atoms with E-state index in [4.69, 9.17) is 0 Å². The van der Waals surface area contributed by atoms with E-state index in [1.807, 2.05) is 0 Å². The van der Waals surface area contributed by atoms with E-state index >= 15 is 0 Å². The summed E-state index contributed by atoms with van der Waals surface area (Å²) in [6.45, 7) is 3.06. The van der Waals surface area contributed by atoms with Crippen molar-refractivity contribution in [3.63, 3.8) is 0 Å². The average Bonchev–Trinajstić information content (AvgIpc) is 4.18. The normalized spacial score (nSPS) is 38.8. The Morgan fingerprint density at radius 1 is 0.372 bits per heavy atom. The van der Waals surface area contributed by atoms with Gasteiger partial charge in [-0.1, -0.05) is 71.8 Å². The maximum atomic E-state index is 3.06. The van der Waals surface area contributed by atoms with Crippen LogP contribution in [0.5, 0.6) is 0 Å². The van der Waals surface area contributed by atoms with Crippen molar-refractivity contribution in [3.8, 4) is 22.3 Å². The van der Waals surface area contributed by atoms with E-state index in [0.717, 1.165) is 94.7 Å². The van der Waals surface area contributed by atoms with Crippen LogP contribution >= 0.6 is 24.8 Å². The Morgan fingerprint density at radius 3 is 0.949 bits per heavy atom. The van der Waals surface area contributed by atoms with Crippen LogP contribution in [0.1, 0.15) is 164 Å². The first kappa shape index (κ1) is 56.3. The molecule has 16 bridgehead atoms. The largest absolute Gasteiger partial charge is 0.164 e. The zero-order valence-corrected chi connectivity index (χ0v) is 52.5. The molecule has 0 atom stereocenters. The van der Waals surface area contributed by atoms with Crippen LogP contribution in [0.3, 0.4) is 0 Å². The van der Waals surface area contributed by atoms with Gasteiger partial charge in [0.25, 0.3) is 0 Å². The van der Waals surface area contributed by atoms with Gasteiger partial charge in [-0.15, -0.1) is 93.9 Å². The molecule has 412 valence electrons. The number of halogens is 2. The molecule has 16 aliphatic rings. The Hall–Kier alpha value is -2.22. The minimum absolute atomic E-state index is 0. The monoisotopic (exact) mass is 1170 g/mol. The predicted molar refractivity (Wildman–Crippen MR) is 331 cm³/mol. The fourth-order valence-electron chi connectivity index (χ4n) is 23.6. The van der Waals surface area contributed by atoms with Gasteiger partial charge < -0.3 is 14.9 Å². The van der Waals surface area contributed by atoms with Crippen molar-refractivity contribution in [2.75, 3.05) is 0 Å². The van der Waals surface area contributed by atoms with Crippen molar-refractivity contribution in [2.45, 2.75) is 165 Å². The van der Waals surface area contributed by atoms with Crippen molar-refractivity contribution < 1.29 is 23.3 Å². The fourth-order valence-corrected chi connectivity index (χ4v) is 23.6. The molecule has 4 heteroatoms. The summed E-state index contributed by atoms with van der Waals surface area (Å²) in [5, 5.41) is 5.88. The summed E-state index contributed by atoms with van der Waals surface area (Å²) in [6.07, 6.45) is 36.1. The van der Waals surface area contributed by atoms with E-state index in [-0.39, 0.29) is 39.7 Å². The van der Waals surface area contributed by atoms with Gasteiger partial charge in [-0.25, -0.2) is 0 Å². The first-order chi connectivity index (χ1) is 36.3. The van der Waals surface area contributed by atoms with Gasteiger partial charge in [-0.3, -0.25) is 0 Å². The standard InChI is InChI=1S/2C36H41.2CH3.2ClH.Si.Zr/c2*1-2-29-12-24(17-34-30-13-22-8-23(15-30)16-31(34)14-22)18-35(29)33(3-1)28-4-6-32(7-5-28)36-19-25-9-26(20-36)11-27(10-25)21-36;;;;;;/h2*1-7,12,18,22-23,25-27,30-31,34H,8-11,13-17,19-21H2;2*1H3;2*1H;;/q4*-1;;;;. The second kappa shape index (κ2) is 22.1. The summed E-state index contributed by atoms with van der Waals surface area (Å²) in [4.78, 5) is 0. The van der Waals surface area contributed by atoms with Crippen LogP contribution in [0.15, 0.2) is 109 Å². The summed E-state index contributed by atoms with van der Waals surface area (Å²) in [7, 11) is 0.